The molecule has 0 radical (unpaired) electrons. The first-order valence-corrected chi connectivity index (χ1v) is 9.99. The van der Waals surface area contributed by atoms with E-state index in [4.69, 9.17) is 0 Å². The van der Waals surface area contributed by atoms with Crippen LogP contribution >= 0.6 is 0 Å². The van der Waals surface area contributed by atoms with Gasteiger partial charge in [0.25, 0.3) is 5.56 Å². The predicted octanol–water partition coefficient (Wildman–Crippen LogP) is 0.761. The number of hydrogen-bond acceptors (Lipinski definition) is 4. The Bertz CT molecular complexity index is 799. The fraction of sp³-hybridized carbons (Fsp3) is 0.650. The molecule has 7 heteroatoms. The second-order valence-electron chi connectivity index (χ2n) is 7.84. The van der Waals surface area contributed by atoms with Crippen LogP contribution in [0.1, 0.15) is 44.3 Å². The number of hydrogen-bond donors (Lipinski definition) is 1. The average Bonchev–Trinajstić information content (AvgIpc) is 3.22. The molecule has 27 heavy (non-hydrogen) atoms. The minimum atomic E-state index is -0.639. The van der Waals surface area contributed by atoms with Gasteiger partial charge in [0.15, 0.2) is 0 Å². The molecule has 0 aliphatic carbocycles. The Morgan fingerprint density at radius 3 is 2.59 bits per heavy atom. The summed E-state index contributed by atoms with van der Waals surface area (Å²) in [4.78, 5) is 42.1. The molecule has 1 N–H and O–H groups in total. The van der Waals surface area contributed by atoms with E-state index in [-0.39, 0.29) is 41.9 Å². The maximum Gasteiger partial charge on any atom is 0.250 e. The number of nitrogens with zero attached hydrogens (tertiary/aromatic N) is 3. The summed E-state index contributed by atoms with van der Waals surface area (Å²) in [5.41, 5.74) is 0.683. The number of likely N-dealkylation sites (tertiary alicyclic amines) is 2. The number of pyridine rings is 1. The number of aliphatic hydroxyl groups is 1. The summed E-state index contributed by atoms with van der Waals surface area (Å²) in [6, 6.07) is 4.13. The van der Waals surface area contributed by atoms with Crippen molar-refractivity contribution in [1.29, 1.82) is 0 Å². The molecular formula is C20H27N3O4. The van der Waals surface area contributed by atoms with Crippen molar-refractivity contribution in [3.8, 4) is 0 Å². The SMILES string of the molecule is CCC(=O)N1[C@H](C(=O)N2CCCCC2)[C@@H](CO)[C@@H]2Cn3c(cccc3=O)[C@@H]21. The maximum absolute atomic E-state index is 13.4. The highest BCUT2D eigenvalue weighted by molar-refractivity contribution is 5.89. The molecule has 0 unspecified atom stereocenters. The zero-order valence-electron chi connectivity index (χ0n) is 15.7. The van der Waals surface area contributed by atoms with Crippen molar-refractivity contribution in [2.75, 3.05) is 19.7 Å². The van der Waals surface area contributed by atoms with Crippen LogP contribution in [0.2, 0.25) is 0 Å². The number of piperidine rings is 1. The van der Waals surface area contributed by atoms with Gasteiger partial charge >= 0.3 is 0 Å². The van der Waals surface area contributed by atoms with Gasteiger partial charge in [0.1, 0.15) is 6.04 Å². The van der Waals surface area contributed by atoms with E-state index < -0.39 is 6.04 Å². The third kappa shape index (κ3) is 2.79. The number of aliphatic hydroxyl groups excluding tert-OH is 1. The second-order valence-corrected chi connectivity index (χ2v) is 7.84. The summed E-state index contributed by atoms with van der Waals surface area (Å²) in [6.07, 6.45) is 3.38. The molecule has 2 saturated heterocycles. The van der Waals surface area contributed by atoms with Crippen LogP contribution in [0.25, 0.3) is 0 Å². The van der Waals surface area contributed by atoms with E-state index >= 15 is 0 Å². The molecular weight excluding hydrogens is 346 g/mol. The van der Waals surface area contributed by atoms with Gasteiger partial charge in [-0.25, -0.2) is 0 Å². The van der Waals surface area contributed by atoms with E-state index in [2.05, 4.69) is 0 Å². The van der Waals surface area contributed by atoms with Crippen LogP contribution in [0.4, 0.5) is 0 Å². The molecule has 0 saturated carbocycles. The third-order valence-corrected chi connectivity index (χ3v) is 6.46. The highest BCUT2D eigenvalue weighted by atomic mass is 16.3. The Balaban J connectivity index is 1.76. The lowest BCUT2D eigenvalue weighted by Crippen LogP contribution is -2.52. The molecule has 3 aliphatic rings. The zero-order chi connectivity index (χ0) is 19.1. The Morgan fingerprint density at radius 1 is 1.19 bits per heavy atom. The molecule has 0 aromatic carbocycles. The standard InChI is InChI=1S/C20H27N3O4/c1-2-16(25)23-18-13(11-22-15(18)7-6-8-17(22)26)14(12-24)19(23)20(27)21-9-4-3-5-10-21/h6-8,13-14,18-19,24H,2-5,9-12H2,1H3/t13-,14-,18+,19-/m0/s1. The Labute approximate surface area is 158 Å². The van der Waals surface area contributed by atoms with E-state index in [0.29, 0.717) is 26.1 Å². The topological polar surface area (TPSA) is 82.8 Å². The average molecular weight is 373 g/mol. The normalized spacial score (nSPS) is 29.6. The van der Waals surface area contributed by atoms with Gasteiger partial charge in [-0.15, -0.1) is 0 Å². The molecule has 2 fully saturated rings. The summed E-state index contributed by atoms with van der Waals surface area (Å²) in [7, 11) is 0. The summed E-state index contributed by atoms with van der Waals surface area (Å²) in [5, 5.41) is 10.2. The highest BCUT2D eigenvalue weighted by Crippen LogP contribution is 2.49. The first kappa shape index (κ1) is 18.2. The summed E-state index contributed by atoms with van der Waals surface area (Å²) < 4.78 is 1.69. The van der Waals surface area contributed by atoms with Gasteiger partial charge in [-0.2, -0.15) is 0 Å². The summed E-state index contributed by atoms with van der Waals surface area (Å²) >= 11 is 0. The third-order valence-electron chi connectivity index (χ3n) is 6.46. The van der Waals surface area contributed by atoms with Gasteiger partial charge in [-0.05, 0) is 25.3 Å². The van der Waals surface area contributed by atoms with Crippen LogP contribution in [0, 0.1) is 11.8 Å². The lowest BCUT2D eigenvalue weighted by Gasteiger charge is -2.36. The van der Waals surface area contributed by atoms with Gasteiger partial charge < -0.3 is 19.5 Å². The van der Waals surface area contributed by atoms with Gasteiger partial charge in [-0.3, -0.25) is 14.4 Å². The van der Waals surface area contributed by atoms with Crippen molar-refractivity contribution in [3.63, 3.8) is 0 Å². The minimum Gasteiger partial charge on any atom is -0.396 e. The smallest absolute Gasteiger partial charge is 0.250 e. The number of carbonyl (C=O) groups is 2. The van der Waals surface area contributed by atoms with Crippen molar-refractivity contribution in [3.05, 3.63) is 34.2 Å². The Morgan fingerprint density at radius 2 is 1.93 bits per heavy atom. The molecule has 0 spiro atoms. The summed E-state index contributed by atoms with van der Waals surface area (Å²) in [5.74, 6) is -0.602. The lowest BCUT2D eigenvalue weighted by atomic mass is 9.88. The molecule has 0 bridgehead atoms. The molecule has 4 rings (SSSR count). The van der Waals surface area contributed by atoms with Crippen LogP contribution in [-0.2, 0) is 16.1 Å². The van der Waals surface area contributed by atoms with E-state index in [9.17, 15) is 19.5 Å². The van der Waals surface area contributed by atoms with Gasteiger partial charge in [0.2, 0.25) is 11.8 Å². The van der Waals surface area contributed by atoms with E-state index in [0.717, 1.165) is 25.0 Å². The van der Waals surface area contributed by atoms with Gasteiger partial charge in [0, 0.05) is 56.3 Å². The first-order chi connectivity index (χ1) is 13.1. The molecule has 4 heterocycles. The van der Waals surface area contributed by atoms with E-state index in [1.54, 1.807) is 22.5 Å². The quantitative estimate of drug-likeness (QED) is 0.848. The monoisotopic (exact) mass is 373 g/mol. The van der Waals surface area contributed by atoms with Gasteiger partial charge in [-0.1, -0.05) is 13.0 Å². The molecule has 3 aliphatic heterocycles. The largest absolute Gasteiger partial charge is 0.396 e. The van der Waals surface area contributed by atoms with Crippen molar-refractivity contribution in [2.45, 2.75) is 51.2 Å². The highest BCUT2D eigenvalue weighted by Gasteiger charge is 2.57. The molecule has 146 valence electrons. The first-order valence-electron chi connectivity index (χ1n) is 9.99. The van der Waals surface area contributed by atoms with Crippen LogP contribution in [0.3, 0.4) is 0 Å². The second kappa shape index (κ2) is 7.11. The number of amides is 2. The molecule has 1 aromatic rings. The predicted molar refractivity (Wildman–Crippen MR) is 98.9 cm³/mol. The van der Waals surface area contributed by atoms with E-state index in [1.807, 2.05) is 11.0 Å². The number of carbonyl (C=O) groups excluding carboxylic acids is 2. The van der Waals surface area contributed by atoms with Crippen LogP contribution in [-0.4, -0.2) is 57.0 Å². The van der Waals surface area contributed by atoms with Crippen molar-refractivity contribution >= 4 is 11.8 Å². The van der Waals surface area contributed by atoms with E-state index in [1.165, 1.54) is 6.07 Å². The van der Waals surface area contributed by atoms with Crippen LogP contribution < -0.4 is 5.56 Å². The zero-order valence-corrected chi connectivity index (χ0v) is 15.7. The van der Waals surface area contributed by atoms with Crippen LogP contribution in [0.5, 0.6) is 0 Å². The number of rotatable bonds is 3. The Kier molecular flexibility index (Phi) is 4.80. The van der Waals surface area contributed by atoms with Crippen molar-refractivity contribution in [2.24, 2.45) is 11.8 Å². The maximum atomic E-state index is 13.4. The lowest BCUT2D eigenvalue weighted by molar-refractivity contribution is -0.147. The fourth-order valence-electron chi connectivity index (χ4n) is 5.18. The number of fused-ring (bicyclic) bond motifs is 3. The number of aromatic nitrogens is 1. The molecule has 1 aromatic heterocycles. The Hall–Kier alpha value is -2.15. The minimum absolute atomic E-state index is 0.0465. The molecule has 4 atom stereocenters. The molecule has 7 nitrogen and oxygen atoms in total. The van der Waals surface area contributed by atoms with Crippen LogP contribution in [0.15, 0.2) is 23.0 Å². The molecule has 2 amide bonds. The summed E-state index contributed by atoms with van der Waals surface area (Å²) in [6.45, 7) is 3.50. The van der Waals surface area contributed by atoms with Crippen molar-refractivity contribution < 1.29 is 14.7 Å². The fourth-order valence-corrected chi connectivity index (χ4v) is 5.18. The van der Waals surface area contributed by atoms with Gasteiger partial charge in [0.05, 0.1) is 6.04 Å². The van der Waals surface area contributed by atoms with Crippen molar-refractivity contribution in [1.82, 2.24) is 14.4 Å².